The van der Waals surface area contributed by atoms with Gasteiger partial charge >= 0.3 is 7.82 Å². The predicted octanol–water partition coefficient (Wildman–Crippen LogP) is 5.14. The van der Waals surface area contributed by atoms with E-state index in [4.69, 9.17) is 4.52 Å². The molecule has 1 aromatic carbocycles. The minimum atomic E-state index is -4.64. The fourth-order valence-electron chi connectivity index (χ4n) is 7.34. The Hall–Kier alpha value is -1.77. The first kappa shape index (κ1) is 24.9. The first-order chi connectivity index (χ1) is 16.5. The Morgan fingerprint density at radius 3 is 2.86 bits per heavy atom. The highest BCUT2D eigenvalue weighted by Gasteiger charge is 2.60. The van der Waals surface area contributed by atoms with Crippen molar-refractivity contribution in [3.8, 4) is 5.75 Å². The minimum absolute atomic E-state index is 0.0859. The van der Waals surface area contributed by atoms with E-state index in [-0.39, 0.29) is 28.9 Å². The van der Waals surface area contributed by atoms with E-state index in [1.807, 2.05) is 19.1 Å². The molecule has 0 bridgehead atoms. The number of phosphoric acid groups is 1. The van der Waals surface area contributed by atoms with E-state index in [1.54, 1.807) is 12.3 Å². The molecular weight excluding hydrogens is 487 g/mol. The zero-order chi connectivity index (χ0) is 25.0. The van der Waals surface area contributed by atoms with Gasteiger partial charge in [-0.15, -0.1) is 11.3 Å². The van der Waals surface area contributed by atoms with Gasteiger partial charge in [-0.3, -0.25) is 9.32 Å². The second-order valence-corrected chi connectivity index (χ2v) is 13.1. The highest BCUT2D eigenvalue weighted by Crippen LogP contribution is 2.65. The molecule has 4 N–H and O–H groups in total. The molecule has 2 saturated carbocycles. The summed E-state index contributed by atoms with van der Waals surface area (Å²) in [7, 11) is -4.64. The fraction of sp³-hybridized carbons (Fsp3) is 0.600. The standard InChI is InChI=1S/C25H33N2O6PS/c1-14-13-26-24(35-14)27-22(29)8-4-16-12-21(33-34(30,31)32)25(2)10-9-19-18-7-5-17(28)11-15(18)3-6-20(19)23(16)25/h5,7,11,13,16,19-21,23,28H,3-4,6,8-10,12H2,1-2H3,(H,26,27,29)(H2,30,31,32)/t16?,19?,20?,21-,23?,25+/m0/s1. The van der Waals surface area contributed by atoms with Crippen molar-refractivity contribution in [2.75, 3.05) is 5.32 Å². The number of carbonyl (C=O) groups is 1. The van der Waals surface area contributed by atoms with Gasteiger partial charge in [0.15, 0.2) is 5.13 Å². The number of rotatable bonds is 6. The molecule has 0 aliphatic heterocycles. The lowest BCUT2D eigenvalue weighted by molar-refractivity contribution is -0.116. The van der Waals surface area contributed by atoms with Gasteiger partial charge in [0.25, 0.3) is 0 Å². The number of thiazole rings is 1. The predicted molar refractivity (Wildman–Crippen MR) is 133 cm³/mol. The van der Waals surface area contributed by atoms with Gasteiger partial charge in [0.05, 0.1) is 6.10 Å². The number of aromatic nitrogens is 1. The zero-order valence-corrected chi connectivity index (χ0v) is 21.7. The quantitative estimate of drug-likeness (QED) is 0.388. The summed E-state index contributed by atoms with van der Waals surface area (Å²) in [6.45, 7) is 4.07. The summed E-state index contributed by atoms with van der Waals surface area (Å²) in [5.41, 5.74) is 2.13. The fourth-order valence-corrected chi connectivity index (χ4v) is 8.68. The van der Waals surface area contributed by atoms with Crippen LogP contribution in [-0.4, -0.2) is 31.9 Å². The van der Waals surface area contributed by atoms with E-state index in [0.29, 0.717) is 36.2 Å². The Kier molecular flexibility index (Phi) is 6.60. The van der Waals surface area contributed by atoms with E-state index < -0.39 is 13.9 Å². The number of phenols is 1. The normalized spacial score (nSPS) is 31.9. The van der Waals surface area contributed by atoms with Crippen molar-refractivity contribution >= 4 is 30.2 Å². The van der Waals surface area contributed by atoms with E-state index in [2.05, 4.69) is 17.2 Å². The molecule has 1 amide bonds. The number of benzene rings is 1. The van der Waals surface area contributed by atoms with Gasteiger partial charge in [-0.25, -0.2) is 9.55 Å². The zero-order valence-electron chi connectivity index (χ0n) is 20.0. The molecule has 3 aliphatic rings. The van der Waals surface area contributed by atoms with Crippen LogP contribution in [0.15, 0.2) is 24.4 Å². The number of nitrogens with one attached hydrogen (secondary N) is 1. The lowest BCUT2D eigenvalue weighted by Gasteiger charge is -2.52. The third-order valence-corrected chi connectivity index (χ3v) is 10.00. The molecule has 10 heteroatoms. The van der Waals surface area contributed by atoms with Crippen LogP contribution >= 0.6 is 19.2 Å². The number of carbonyl (C=O) groups excluding carboxylic acids is 1. The van der Waals surface area contributed by atoms with Crippen LogP contribution in [0, 0.1) is 30.1 Å². The smallest absolute Gasteiger partial charge is 0.469 e. The van der Waals surface area contributed by atoms with Gasteiger partial charge in [-0.1, -0.05) is 13.0 Å². The van der Waals surface area contributed by atoms with E-state index in [9.17, 15) is 24.3 Å². The first-order valence-electron chi connectivity index (χ1n) is 12.3. The lowest BCUT2D eigenvalue weighted by atomic mass is 9.53. The van der Waals surface area contributed by atoms with Crippen LogP contribution in [0.3, 0.4) is 0 Å². The number of nitrogens with zero attached hydrogens (tertiary/aromatic N) is 1. The number of anilines is 1. The number of fused-ring (bicyclic) bond motifs is 5. The van der Waals surface area contributed by atoms with Crippen LogP contribution in [0.4, 0.5) is 5.13 Å². The van der Waals surface area contributed by atoms with E-state index in [0.717, 1.165) is 30.6 Å². The number of hydrogen-bond donors (Lipinski definition) is 4. The Balaban J connectivity index is 1.38. The summed E-state index contributed by atoms with van der Waals surface area (Å²) in [6, 6.07) is 5.67. The van der Waals surface area contributed by atoms with Gasteiger partial charge in [-0.2, -0.15) is 0 Å². The SMILES string of the molecule is Cc1cnc(NC(=O)CCC2C[C@H](OP(=O)(O)O)[C@@]3(C)CCC4c5ccc(O)cc5CCC4C23)s1. The largest absolute Gasteiger partial charge is 0.508 e. The summed E-state index contributed by atoms with van der Waals surface area (Å²) in [5, 5.41) is 13.4. The highest BCUT2D eigenvalue weighted by atomic mass is 32.1. The molecule has 4 unspecified atom stereocenters. The minimum Gasteiger partial charge on any atom is -0.508 e. The molecule has 35 heavy (non-hydrogen) atoms. The van der Waals surface area contributed by atoms with Crippen molar-refractivity contribution < 1.29 is 28.8 Å². The summed E-state index contributed by atoms with van der Waals surface area (Å²) >= 11 is 1.44. The Bertz CT molecular complexity index is 1160. The Morgan fingerprint density at radius 2 is 2.14 bits per heavy atom. The van der Waals surface area contributed by atoms with Gasteiger partial charge in [0.1, 0.15) is 5.75 Å². The molecule has 2 aromatic rings. The monoisotopic (exact) mass is 520 g/mol. The molecule has 0 radical (unpaired) electrons. The third kappa shape index (κ3) is 4.94. The molecule has 1 heterocycles. The second kappa shape index (κ2) is 9.27. The number of phenolic OH excluding ortho intramolecular Hbond substituents is 1. The van der Waals surface area contributed by atoms with Crippen LogP contribution in [0.5, 0.6) is 5.75 Å². The number of hydrogen-bond acceptors (Lipinski definition) is 6. The summed E-state index contributed by atoms with van der Waals surface area (Å²) in [6.07, 6.45) is 6.28. The second-order valence-electron chi connectivity index (χ2n) is 10.7. The molecule has 8 nitrogen and oxygen atoms in total. The molecule has 0 saturated heterocycles. The summed E-state index contributed by atoms with van der Waals surface area (Å²) in [4.78, 5) is 37.2. The van der Waals surface area contributed by atoms with Crippen LogP contribution in [0.25, 0.3) is 0 Å². The molecule has 0 spiro atoms. The third-order valence-electron chi connectivity index (χ3n) is 8.64. The number of aryl methyl sites for hydroxylation is 2. The highest BCUT2D eigenvalue weighted by molar-refractivity contribution is 7.46. The van der Waals surface area contributed by atoms with E-state index in [1.165, 1.54) is 22.5 Å². The molecular formula is C25H33N2O6PS. The maximum Gasteiger partial charge on any atom is 0.469 e. The number of amides is 1. The summed E-state index contributed by atoms with van der Waals surface area (Å²) < 4.78 is 17.2. The lowest BCUT2D eigenvalue weighted by Crippen LogP contribution is -2.45. The van der Waals surface area contributed by atoms with Crippen LogP contribution in [0.2, 0.25) is 0 Å². The molecule has 5 rings (SSSR count). The summed E-state index contributed by atoms with van der Waals surface area (Å²) in [5.74, 6) is 1.24. The molecule has 2 fully saturated rings. The van der Waals surface area contributed by atoms with Crippen molar-refractivity contribution in [1.82, 2.24) is 4.98 Å². The van der Waals surface area contributed by atoms with Crippen molar-refractivity contribution in [2.24, 2.45) is 23.2 Å². The van der Waals surface area contributed by atoms with Gasteiger partial charge in [0, 0.05) is 17.5 Å². The average molecular weight is 521 g/mol. The van der Waals surface area contributed by atoms with Crippen molar-refractivity contribution in [3.63, 3.8) is 0 Å². The maximum absolute atomic E-state index is 12.7. The van der Waals surface area contributed by atoms with Crippen LogP contribution in [-0.2, 0) is 20.3 Å². The van der Waals surface area contributed by atoms with Gasteiger partial charge in [0.2, 0.25) is 5.91 Å². The molecule has 1 aromatic heterocycles. The Labute approximate surface area is 209 Å². The van der Waals surface area contributed by atoms with Crippen molar-refractivity contribution in [3.05, 3.63) is 40.4 Å². The van der Waals surface area contributed by atoms with Crippen molar-refractivity contribution in [1.29, 1.82) is 0 Å². The van der Waals surface area contributed by atoms with Crippen LogP contribution < -0.4 is 5.32 Å². The average Bonchev–Trinajstić information content (AvgIpc) is 3.30. The molecule has 6 atom stereocenters. The number of phosphoric ester groups is 1. The van der Waals surface area contributed by atoms with Gasteiger partial charge in [-0.05, 0) is 97.8 Å². The van der Waals surface area contributed by atoms with E-state index >= 15 is 0 Å². The topological polar surface area (TPSA) is 129 Å². The molecule has 3 aliphatic carbocycles. The maximum atomic E-state index is 12.7. The van der Waals surface area contributed by atoms with Gasteiger partial charge < -0.3 is 20.2 Å². The first-order valence-corrected chi connectivity index (χ1v) is 14.7. The Morgan fingerprint density at radius 1 is 1.34 bits per heavy atom. The molecule has 190 valence electrons. The van der Waals surface area contributed by atoms with Crippen LogP contribution in [0.1, 0.15) is 67.4 Å². The number of aromatic hydroxyl groups is 1. The van der Waals surface area contributed by atoms with Crippen molar-refractivity contribution in [2.45, 2.75) is 70.8 Å².